The normalized spacial score (nSPS) is 17.8. The first-order valence-corrected chi connectivity index (χ1v) is 7.41. The summed E-state index contributed by atoms with van der Waals surface area (Å²) in [4.78, 5) is 14.9. The van der Waals surface area contributed by atoms with Crippen molar-refractivity contribution in [3.05, 3.63) is 42.0 Å². The Bertz CT molecular complexity index is 693. The van der Waals surface area contributed by atoms with Gasteiger partial charge in [0.25, 0.3) is 0 Å². The molecule has 1 atom stereocenters. The Kier molecular flexibility index (Phi) is 4.15. The van der Waals surface area contributed by atoms with Crippen molar-refractivity contribution in [2.24, 2.45) is 0 Å². The Balaban J connectivity index is 1.73. The summed E-state index contributed by atoms with van der Waals surface area (Å²) in [6.45, 7) is 3.69. The molecule has 1 saturated heterocycles. The molecule has 1 aliphatic rings. The quantitative estimate of drug-likeness (QED) is 0.934. The number of aromatic nitrogens is 3. The van der Waals surface area contributed by atoms with Gasteiger partial charge in [0, 0.05) is 37.1 Å². The highest BCUT2D eigenvalue weighted by Crippen LogP contribution is 2.22. The third kappa shape index (κ3) is 3.14. The maximum Gasteiger partial charge on any atom is 0.146 e. The van der Waals surface area contributed by atoms with E-state index in [-0.39, 0.29) is 6.04 Å². The summed E-state index contributed by atoms with van der Waals surface area (Å²) in [5.41, 5.74) is 1.57. The fraction of sp³-hybridized carbons (Fsp3) is 0.375. The fourth-order valence-electron chi connectivity index (χ4n) is 2.77. The van der Waals surface area contributed by atoms with E-state index < -0.39 is 0 Å². The molecule has 112 valence electrons. The lowest BCUT2D eigenvalue weighted by Gasteiger charge is -2.34. The highest BCUT2D eigenvalue weighted by atomic mass is 15.2. The number of anilines is 2. The van der Waals surface area contributed by atoms with Gasteiger partial charge < -0.3 is 10.2 Å². The van der Waals surface area contributed by atoms with Gasteiger partial charge in [0.05, 0.1) is 5.56 Å². The van der Waals surface area contributed by atoms with Crippen molar-refractivity contribution >= 4 is 11.6 Å². The van der Waals surface area contributed by atoms with E-state index in [1.165, 1.54) is 0 Å². The molecule has 0 radical (unpaired) electrons. The van der Waals surface area contributed by atoms with Crippen LogP contribution in [0.3, 0.4) is 0 Å². The van der Waals surface area contributed by atoms with Crippen molar-refractivity contribution in [1.29, 1.82) is 5.26 Å². The Labute approximate surface area is 129 Å². The molecule has 6 heteroatoms. The molecule has 0 bridgehead atoms. The SMILES string of the molecule is Cc1cc(NC2CCCN(c3ncccc3C#N)C2)ncn1. The molecular weight excluding hydrogens is 276 g/mol. The predicted octanol–water partition coefficient (Wildman–Crippen LogP) is 2.13. The molecule has 3 rings (SSSR count). The number of pyridine rings is 1. The lowest BCUT2D eigenvalue weighted by Crippen LogP contribution is -2.43. The molecule has 1 fully saturated rings. The highest BCUT2D eigenvalue weighted by molar-refractivity contribution is 5.54. The van der Waals surface area contributed by atoms with Crippen LogP contribution in [-0.2, 0) is 0 Å². The first kappa shape index (κ1) is 14.3. The molecular formula is C16H18N6. The highest BCUT2D eigenvalue weighted by Gasteiger charge is 2.22. The maximum absolute atomic E-state index is 9.23. The molecule has 3 heterocycles. The number of aryl methyl sites for hydroxylation is 1. The molecule has 0 saturated carbocycles. The minimum atomic E-state index is 0.289. The monoisotopic (exact) mass is 294 g/mol. The van der Waals surface area contributed by atoms with Gasteiger partial charge in [-0.2, -0.15) is 5.26 Å². The first-order valence-electron chi connectivity index (χ1n) is 7.41. The van der Waals surface area contributed by atoms with Gasteiger partial charge >= 0.3 is 0 Å². The predicted molar refractivity (Wildman–Crippen MR) is 84.6 cm³/mol. The molecule has 2 aromatic heterocycles. The molecule has 1 unspecified atom stereocenters. The average Bonchev–Trinajstić information content (AvgIpc) is 2.55. The summed E-state index contributed by atoms with van der Waals surface area (Å²) in [5, 5.41) is 12.7. The molecule has 0 aromatic carbocycles. The number of rotatable bonds is 3. The van der Waals surface area contributed by atoms with E-state index in [9.17, 15) is 5.26 Å². The van der Waals surface area contributed by atoms with Crippen LogP contribution in [0.1, 0.15) is 24.1 Å². The molecule has 0 aliphatic carbocycles. The first-order chi connectivity index (χ1) is 10.8. The van der Waals surface area contributed by atoms with Crippen LogP contribution in [0.15, 0.2) is 30.7 Å². The smallest absolute Gasteiger partial charge is 0.146 e. The molecule has 0 amide bonds. The summed E-state index contributed by atoms with van der Waals surface area (Å²) in [7, 11) is 0. The molecule has 1 aliphatic heterocycles. The summed E-state index contributed by atoms with van der Waals surface area (Å²) in [6, 6.07) is 8.06. The Morgan fingerprint density at radius 1 is 1.36 bits per heavy atom. The Morgan fingerprint density at radius 2 is 2.27 bits per heavy atom. The van der Waals surface area contributed by atoms with Crippen molar-refractivity contribution in [1.82, 2.24) is 15.0 Å². The van der Waals surface area contributed by atoms with Crippen LogP contribution in [0.4, 0.5) is 11.6 Å². The van der Waals surface area contributed by atoms with Gasteiger partial charge in [-0.05, 0) is 31.9 Å². The van der Waals surface area contributed by atoms with E-state index in [0.29, 0.717) is 5.56 Å². The topological polar surface area (TPSA) is 77.7 Å². The molecule has 22 heavy (non-hydrogen) atoms. The molecule has 0 spiro atoms. The summed E-state index contributed by atoms with van der Waals surface area (Å²) in [5.74, 6) is 1.62. The van der Waals surface area contributed by atoms with Gasteiger partial charge in [0.1, 0.15) is 24.0 Å². The van der Waals surface area contributed by atoms with Crippen molar-refractivity contribution in [2.75, 3.05) is 23.3 Å². The zero-order valence-corrected chi connectivity index (χ0v) is 12.5. The van der Waals surface area contributed by atoms with Crippen LogP contribution in [0.25, 0.3) is 0 Å². The van der Waals surface area contributed by atoms with E-state index in [1.54, 1.807) is 18.6 Å². The number of piperidine rings is 1. The summed E-state index contributed by atoms with van der Waals surface area (Å²) in [6.07, 6.45) is 5.45. The van der Waals surface area contributed by atoms with Crippen LogP contribution in [0.2, 0.25) is 0 Å². The summed E-state index contributed by atoms with van der Waals surface area (Å²) >= 11 is 0. The van der Waals surface area contributed by atoms with E-state index in [4.69, 9.17) is 0 Å². The van der Waals surface area contributed by atoms with Gasteiger partial charge in [-0.25, -0.2) is 15.0 Å². The zero-order valence-electron chi connectivity index (χ0n) is 12.5. The van der Waals surface area contributed by atoms with E-state index >= 15 is 0 Å². The second kappa shape index (κ2) is 6.39. The Morgan fingerprint density at radius 3 is 3.09 bits per heavy atom. The minimum Gasteiger partial charge on any atom is -0.365 e. The molecule has 1 N–H and O–H groups in total. The minimum absolute atomic E-state index is 0.289. The molecule has 2 aromatic rings. The van der Waals surface area contributed by atoms with Crippen LogP contribution in [0, 0.1) is 18.3 Å². The largest absolute Gasteiger partial charge is 0.365 e. The lowest BCUT2D eigenvalue weighted by molar-refractivity contribution is 0.525. The van der Waals surface area contributed by atoms with Gasteiger partial charge in [0.2, 0.25) is 0 Å². The molecule has 6 nitrogen and oxygen atoms in total. The third-order valence-corrected chi connectivity index (χ3v) is 3.78. The van der Waals surface area contributed by atoms with Crippen LogP contribution >= 0.6 is 0 Å². The van der Waals surface area contributed by atoms with E-state index in [0.717, 1.165) is 43.3 Å². The average molecular weight is 294 g/mol. The number of nitriles is 1. The third-order valence-electron chi connectivity index (χ3n) is 3.78. The second-order valence-electron chi connectivity index (χ2n) is 5.46. The maximum atomic E-state index is 9.23. The standard InChI is InChI=1S/C16H18N6/c1-12-8-15(20-11-19-12)21-14-5-3-7-22(10-14)16-13(9-17)4-2-6-18-16/h2,4,6,8,11,14H,3,5,7,10H2,1H3,(H,19,20,21). The van der Waals surface area contributed by atoms with Crippen molar-refractivity contribution in [2.45, 2.75) is 25.8 Å². The van der Waals surface area contributed by atoms with Crippen LogP contribution < -0.4 is 10.2 Å². The summed E-state index contributed by atoms with van der Waals surface area (Å²) < 4.78 is 0. The van der Waals surface area contributed by atoms with Gasteiger partial charge in [-0.1, -0.05) is 0 Å². The number of hydrogen-bond donors (Lipinski definition) is 1. The van der Waals surface area contributed by atoms with Crippen molar-refractivity contribution < 1.29 is 0 Å². The van der Waals surface area contributed by atoms with Crippen LogP contribution in [0.5, 0.6) is 0 Å². The zero-order chi connectivity index (χ0) is 15.4. The van der Waals surface area contributed by atoms with Crippen LogP contribution in [-0.4, -0.2) is 34.1 Å². The van der Waals surface area contributed by atoms with E-state index in [2.05, 4.69) is 31.2 Å². The Hall–Kier alpha value is -2.68. The number of hydrogen-bond acceptors (Lipinski definition) is 6. The second-order valence-corrected chi connectivity index (χ2v) is 5.46. The lowest BCUT2D eigenvalue weighted by atomic mass is 10.0. The number of nitrogens with one attached hydrogen (secondary N) is 1. The van der Waals surface area contributed by atoms with Gasteiger partial charge in [-0.15, -0.1) is 0 Å². The van der Waals surface area contributed by atoms with Gasteiger partial charge in [-0.3, -0.25) is 0 Å². The van der Waals surface area contributed by atoms with Crippen molar-refractivity contribution in [3.63, 3.8) is 0 Å². The fourth-order valence-corrected chi connectivity index (χ4v) is 2.77. The number of nitrogens with zero attached hydrogens (tertiary/aromatic N) is 5. The van der Waals surface area contributed by atoms with Crippen molar-refractivity contribution in [3.8, 4) is 6.07 Å². The van der Waals surface area contributed by atoms with Gasteiger partial charge in [0.15, 0.2) is 0 Å². The van der Waals surface area contributed by atoms with E-state index in [1.807, 2.05) is 19.1 Å².